The molecule has 3 aliphatic rings. The van der Waals surface area contributed by atoms with E-state index in [9.17, 15) is 13.2 Å². The molecule has 1 aromatic heterocycles. The first-order valence-corrected chi connectivity index (χ1v) is 10.9. The van der Waals surface area contributed by atoms with Crippen molar-refractivity contribution >= 4 is 0 Å². The first kappa shape index (κ1) is 20.4. The Hall–Kier alpha value is -1.85. The Morgan fingerprint density at radius 2 is 1.62 bits per heavy atom. The highest BCUT2D eigenvalue weighted by atomic mass is 19.4. The topological polar surface area (TPSA) is 30.7 Å². The number of benzene rings is 1. The maximum Gasteiger partial charge on any atom is 0.417 e. The first-order chi connectivity index (χ1) is 13.8. The van der Waals surface area contributed by atoms with E-state index in [1.165, 1.54) is 57.1 Å². The predicted molar refractivity (Wildman–Crippen MR) is 107 cm³/mol. The van der Waals surface area contributed by atoms with Gasteiger partial charge in [-0.1, -0.05) is 44.4 Å². The molecule has 0 spiro atoms. The SMILES string of the molecule is CCCCCC12CCC(c3nnc(-c4ccccc4C(F)(F)F)n3C)(CC1)CC2. The van der Waals surface area contributed by atoms with Crippen molar-refractivity contribution < 1.29 is 13.2 Å². The fourth-order valence-electron chi connectivity index (χ4n) is 5.67. The van der Waals surface area contributed by atoms with Gasteiger partial charge in [0.2, 0.25) is 0 Å². The van der Waals surface area contributed by atoms with Crippen LogP contribution in [-0.2, 0) is 18.6 Å². The van der Waals surface area contributed by atoms with Crippen molar-refractivity contribution in [1.82, 2.24) is 14.8 Å². The van der Waals surface area contributed by atoms with E-state index < -0.39 is 11.7 Å². The zero-order chi connectivity index (χ0) is 20.7. The quantitative estimate of drug-likeness (QED) is 0.502. The van der Waals surface area contributed by atoms with Gasteiger partial charge >= 0.3 is 6.18 Å². The van der Waals surface area contributed by atoms with E-state index in [2.05, 4.69) is 17.1 Å². The lowest BCUT2D eigenvalue weighted by Crippen LogP contribution is -2.45. The number of hydrogen-bond donors (Lipinski definition) is 0. The third-order valence-corrected chi connectivity index (χ3v) is 7.53. The fourth-order valence-corrected chi connectivity index (χ4v) is 5.67. The molecular weight excluding hydrogens is 375 g/mol. The van der Waals surface area contributed by atoms with Crippen molar-refractivity contribution in [3.63, 3.8) is 0 Å². The van der Waals surface area contributed by atoms with E-state index >= 15 is 0 Å². The van der Waals surface area contributed by atoms with Crippen molar-refractivity contribution in [2.45, 2.75) is 82.7 Å². The molecule has 3 fully saturated rings. The molecule has 1 heterocycles. The number of aromatic nitrogens is 3. The highest BCUT2D eigenvalue weighted by Crippen LogP contribution is 2.59. The summed E-state index contributed by atoms with van der Waals surface area (Å²) in [4.78, 5) is 0. The van der Waals surface area contributed by atoms with Crippen LogP contribution in [0.1, 0.15) is 82.5 Å². The van der Waals surface area contributed by atoms with Gasteiger partial charge in [-0.2, -0.15) is 13.2 Å². The van der Waals surface area contributed by atoms with Crippen LogP contribution >= 0.6 is 0 Å². The maximum absolute atomic E-state index is 13.5. The molecule has 5 rings (SSSR count). The second kappa shape index (κ2) is 7.44. The standard InChI is InChI=1S/C23H30F3N3/c1-3-4-7-10-21-11-14-22(15-12-21,16-13-21)20-28-27-19(29(20)2)17-8-5-6-9-18(17)23(24,25)26/h5-6,8-9H,3-4,7,10-16H2,1-2H3. The van der Waals surface area contributed by atoms with Gasteiger partial charge in [-0.3, -0.25) is 0 Å². The van der Waals surface area contributed by atoms with Gasteiger partial charge in [-0.05, 0) is 56.4 Å². The molecule has 3 aliphatic carbocycles. The molecule has 158 valence electrons. The van der Waals surface area contributed by atoms with Gasteiger partial charge in [-0.25, -0.2) is 0 Å². The lowest BCUT2D eigenvalue weighted by molar-refractivity contribution is -0.137. The Bertz CT molecular complexity index is 844. The van der Waals surface area contributed by atoms with Crippen molar-refractivity contribution in [2.75, 3.05) is 0 Å². The zero-order valence-electron chi connectivity index (χ0n) is 17.4. The van der Waals surface area contributed by atoms with Crippen LogP contribution in [0.15, 0.2) is 24.3 Å². The molecule has 0 atom stereocenters. The van der Waals surface area contributed by atoms with Crippen molar-refractivity contribution in [3.8, 4) is 11.4 Å². The van der Waals surface area contributed by atoms with Crippen LogP contribution in [-0.4, -0.2) is 14.8 Å². The molecule has 0 radical (unpaired) electrons. The highest BCUT2D eigenvalue weighted by Gasteiger charge is 2.51. The van der Waals surface area contributed by atoms with Crippen LogP contribution in [0.2, 0.25) is 0 Å². The normalized spacial score (nSPS) is 26.8. The summed E-state index contributed by atoms with van der Waals surface area (Å²) in [7, 11) is 1.82. The number of hydrogen-bond acceptors (Lipinski definition) is 2. The maximum atomic E-state index is 13.5. The molecule has 29 heavy (non-hydrogen) atoms. The predicted octanol–water partition coefficient (Wildman–Crippen LogP) is 6.67. The van der Waals surface area contributed by atoms with Crippen LogP contribution in [0, 0.1) is 5.41 Å². The summed E-state index contributed by atoms with van der Waals surface area (Å²) in [6.45, 7) is 2.24. The largest absolute Gasteiger partial charge is 0.417 e. The summed E-state index contributed by atoms with van der Waals surface area (Å²) in [6.07, 6.45) is 7.62. The van der Waals surface area contributed by atoms with Gasteiger partial charge in [0.15, 0.2) is 5.82 Å². The van der Waals surface area contributed by atoms with E-state index in [1.807, 2.05) is 11.6 Å². The molecule has 2 aromatic rings. The van der Waals surface area contributed by atoms with Crippen molar-refractivity contribution in [2.24, 2.45) is 12.5 Å². The van der Waals surface area contributed by atoms with Gasteiger partial charge in [0.05, 0.1) is 5.56 Å². The molecule has 6 heteroatoms. The summed E-state index contributed by atoms with van der Waals surface area (Å²) >= 11 is 0. The third-order valence-electron chi connectivity index (χ3n) is 7.53. The first-order valence-electron chi connectivity index (χ1n) is 10.9. The Labute approximate surface area is 170 Å². The molecule has 0 unspecified atom stereocenters. The number of unbranched alkanes of at least 4 members (excludes halogenated alkanes) is 2. The lowest BCUT2D eigenvalue weighted by Gasteiger charge is -2.53. The van der Waals surface area contributed by atoms with Crippen molar-refractivity contribution in [3.05, 3.63) is 35.7 Å². The van der Waals surface area contributed by atoms with E-state index in [1.54, 1.807) is 6.07 Å². The molecule has 0 saturated heterocycles. The van der Waals surface area contributed by atoms with Gasteiger partial charge in [0.25, 0.3) is 0 Å². The van der Waals surface area contributed by atoms with Crippen LogP contribution in [0.25, 0.3) is 11.4 Å². The number of halogens is 3. The summed E-state index contributed by atoms with van der Waals surface area (Å²) in [5, 5.41) is 8.69. The number of nitrogens with zero attached hydrogens (tertiary/aromatic N) is 3. The van der Waals surface area contributed by atoms with Gasteiger partial charge in [0, 0.05) is 18.0 Å². The second-order valence-electron chi connectivity index (χ2n) is 9.19. The van der Waals surface area contributed by atoms with E-state index in [4.69, 9.17) is 0 Å². The van der Waals surface area contributed by atoms with Crippen LogP contribution in [0.5, 0.6) is 0 Å². The minimum atomic E-state index is -4.41. The summed E-state index contributed by atoms with van der Waals surface area (Å²) in [5.41, 5.74) is -0.0825. The van der Waals surface area contributed by atoms with E-state index in [0.717, 1.165) is 31.2 Å². The highest BCUT2D eigenvalue weighted by molar-refractivity contribution is 5.61. The average Bonchev–Trinajstić information content (AvgIpc) is 3.11. The molecular formula is C23H30F3N3. The number of alkyl halides is 3. The summed E-state index contributed by atoms with van der Waals surface area (Å²) < 4.78 is 42.3. The molecule has 3 saturated carbocycles. The van der Waals surface area contributed by atoms with Crippen LogP contribution in [0.4, 0.5) is 13.2 Å². The Balaban J connectivity index is 1.60. The fraction of sp³-hybridized carbons (Fsp3) is 0.652. The minimum Gasteiger partial charge on any atom is -0.314 e. The number of fused-ring (bicyclic) bond motifs is 3. The molecule has 0 aliphatic heterocycles. The van der Waals surface area contributed by atoms with Crippen LogP contribution in [0.3, 0.4) is 0 Å². The Morgan fingerprint density at radius 1 is 0.966 bits per heavy atom. The Kier molecular flexibility index (Phi) is 5.24. The zero-order valence-corrected chi connectivity index (χ0v) is 17.4. The number of rotatable bonds is 6. The van der Waals surface area contributed by atoms with E-state index in [0.29, 0.717) is 11.2 Å². The van der Waals surface area contributed by atoms with Gasteiger partial charge in [-0.15, -0.1) is 10.2 Å². The third kappa shape index (κ3) is 3.59. The molecule has 0 amide bonds. The second-order valence-corrected chi connectivity index (χ2v) is 9.19. The van der Waals surface area contributed by atoms with Gasteiger partial charge in [0.1, 0.15) is 5.82 Å². The summed E-state index contributed by atoms with van der Waals surface area (Å²) in [6, 6.07) is 5.66. The van der Waals surface area contributed by atoms with Crippen LogP contribution < -0.4 is 0 Å². The smallest absolute Gasteiger partial charge is 0.314 e. The van der Waals surface area contributed by atoms with E-state index in [-0.39, 0.29) is 11.0 Å². The molecule has 2 bridgehead atoms. The monoisotopic (exact) mass is 405 g/mol. The molecule has 3 nitrogen and oxygen atoms in total. The lowest BCUT2D eigenvalue weighted by atomic mass is 9.52. The summed E-state index contributed by atoms with van der Waals surface area (Å²) in [5.74, 6) is 1.18. The van der Waals surface area contributed by atoms with Gasteiger partial charge < -0.3 is 4.57 Å². The molecule has 1 aromatic carbocycles. The Morgan fingerprint density at radius 3 is 2.24 bits per heavy atom. The van der Waals surface area contributed by atoms with Crippen molar-refractivity contribution in [1.29, 1.82) is 0 Å². The molecule has 0 N–H and O–H groups in total. The minimum absolute atomic E-state index is 0.0281. The average molecular weight is 406 g/mol.